The molecule has 4 nitrogen and oxygen atoms in total. The molecule has 0 spiro atoms. The number of ether oxygens (including phenoxy) is 1. The van der Waals surface area contributed by atoms with Gasteiger partial charge < -0.3 is 9.16 Å². The van der Waals surface area contributed by atoms with Crippen LogP contribution >= 0.6 is 0 Å². The molecule has 0 aromatic carbocycles. The predicted octanol–water partition coefficient (Wildman–Crippen LogP) is 6.23. The first kappa shape index (κ1) is 25.8. The Hall–Kier alpha value is -1.20. The van der Waals surface area contributed by atoms with Crippen LogP contribution in [0, 0.1) is 11.8 Å². The van der Waals surface area contributed by atoms with Crippen molar-refractivity contribution in [2.45, 2.75) is 104 Å². The summed E-state index contributed by atoms with van der Waals surface area (Å²) in [7, 11) is -1.94. The number of carbonyl (C=O) groups excluding carboxylic acids is 2. The summed E-state index contributed by atoms with van der Waals surface area (Å²) in [6, 6.07) is 0. The standard InChI is InChI=1S/C24H42O4Si/c1-17(2)23-19(14-12-10-11-13-15-22(26)27-18(3)4)20(25)16-21(23)28-29(8,9)24(5,6)7/h10,12,18-19,21,23H,1,11,13-16H2,2-9H3/t19-,21+,23+/m0/s1. The molecule has 166 valence electrons. The van der Waals surface area contributed by atoms with E-state index in [0.29, 0.717) is 19.3 Å². The molecule has 0 bridgehead atoms. The molecule has 0 unspecified atom stereocenters. The lowest BCUT2D eigenvalue weighted by Crippen LogP contribution is -2.45. The lowest BCUT2D eigenvalue weighted by atomic mass is 9.86. The van der Waals surface area contributed by atoms with Gasteiger partial charge in [-0.25, -0.2) is 0 Å². The third-order valence-electron chi connectivity index (χ3n) is 6.15. The van der Waals surface area contributed by atoms with Crippen LogP contribution < -0.4 is 0 Å². The Balaban J connectivity index is 2.64. The number of carbonyl (C=O) groups is 2. The van der Waals surface area contributed by atoms with Crippen LogP contribution in [0.15, 0.2) is 24.3 Å². The summed E-state index contributed by atoms with van der Waals surface area (Å²) in [5.41, 5.74) is 1.04. The van der Waals surface area contributed by atoms with Crippen LogP contribution in [0.2, 0.25) is 18.1 Å². The van der Waals surface area contributed by atoms with E-state index >= 15 is 0 Å². The topological polar surface area (TPSA) is 52.6 Å². The number of esters is 1. The van der Waals surface area contributed by atoms with E-state index < -0.39 is 8.32 Å². The molecule has 1 aliphatic rings. The van der Waals surface area contributed by atoms with Gasteiger partial charge in [-0.15, -0.1) is 0 Å². The highest BCUT2D eigenvalue weighted by Gasteiger charge is 2.47. The molecule has 1 saturated carbocycles. The van der Waals surface area contributed by atoms with Gasteiger partial charge in [-0.1, -0.05) is 45.1 Å². The molecule has 0 saturated heterocycles. The molecule has 0 N–H and O–H groups in total. The van der Waals surface area contributed by atoms with Gasteiger partial charge in [-0.3, -0.25) is 9.59 Å². The van der Waals surface area contributed by atoms with Gasteiger partial charge in [-0.2, -0.15) is 0 Å². The first-order valence-corrected chi connectivity index (χ1v) is 13.9. The molecule has 5 heteroatoms. The van der Waals surface area contributed by atoms with Gasteiger partial charge >= 0.3 is 5.97 Å². The average molecular weight is 423 g/mol. The van der Waals surface area contributed by atoms with E-state index in [9.17, 15) is 9.59 Å². The Morgan fingerprint density at radius 2 is 1.90 bits per heavy atom. The summed E-state index contributed by atoms with van der Waals surface area (Å²) in [5.74, 6) is 0.172. The number of hydrogen-bond donors (Lipinski definition) is 0. The zero-order valence-corrected chi connectivity index (χ0v) is 20.8. The van der Waals surface area contributed by atoms with Crippen LogP contribution in [0.4, 0.5) is 0 Å². The first-order chi connectivity index (χ1) is 13.3. The lowest BCUT2D eigenvalue weighted by molar-refractivity contribution is -0.147. The molecular formula is C24H42O4Si. The molecule has 1 aliphatic carbocycles. The number of ketones is 1. The van der Waals surface area contributed by atoms with Crippen LogP contribution in [-0.4, -0.2) is 32.3 Å². The molecule has 29 heavy (non-hydrogen) atoms. The largest absolute Gasteiger partial charge is 0.463 e. The molecule has 0 amide bonds. The lowest BCUT2D eigenvalue weighted by Gasteiger charge is -2.40. The minimum Gasteiger partial charge on any atom is -0.463 e. The van der Waals surface area contributed by atoms with Crippen molar-refractivity contribution in [2.24, 2.45) is 11.8 Å². The second kappa shape index (κ2) is 10.7. The summed E-state index contributed by atoms with van der Waals surface area (Å²) >= 11 is 0. The first-order valence-electron chi connectivity index (χ1n) is 11.0. The molecule has 1 rings (SSSR count). The van der Waals surface area contributed by atoms with Crippen molar-refractivity contribution in [1.29, 1.82) is 0 Å². The normalized spacial score (nSPS) is 23.2. The van der Waals surface area contributed by atoms with Crippen LogP contribution in [-0.2, 0) is 18.8 Å². The monoisotopic (exact) mass is 422 g/mol. The van der Waals surface area contributed by atoms with E-state index in [2.05, 4.69) is 52.6 Å². The van der Waals surface area contributed by atoms with Crippen molar-refractivity contribution in [3.8, 4) is 0 Å². The van der Waals surface area contributed by atoms with Crippen LogP contribution in [0.25, 0.3) is 0 Å². The summed E-state index contributed by atoms with van der Waals surface area (Å²) in [6.07, 6.45) is 7.26. The zero-order chi connectivity index (χ0) is 22.4. The number of Topliss-reactive ketones (excluding diaryl/α,β-unsaturated/α-hetero) is 1. The third kappa shape index (κ3) is 7.86. The second-order valence-corrected chi connectivity index (χ2v) is 15.0. The summed E-state index contributed by atoms with van der Waals surface area (Å²) in [4.78, 5) is 24.3. The van der Waals surface area contributed by atoms with Crippen molar-refractivity contribution in [2.75, 3.05) is 0 Å². The fraction of sp³-hybridized carbons (Fsp3) is 0.750. The Labute approximate surface area is 179 Å². The van der Waals surface area contributed by atoms with Gasteiger partial charge in [0.2, 0.25) is 0 Å². The Kier molecular flexibility index (Phi) is 9.54. The van der Waals surface area contributed by atoms with Crippen molar-refractivity contribution < 1.29 is 18.8 Å². The van der Waals surface area contributed by atoms with E-state index in [0.717, 1.165) is 18.4 Å². The van der Waals surface area contributed by atoms with Crippen LogP contribution in [0.3, 0.4) is 0 Å². The third-order valence-corrected chi connectivity index (χ3v) is 10.7. The van der Waals surface area contributed by atoms with Crippen molar-refractivity contribution in [1.82, 2.24) is 0 Å². The van der Waals surface area contributed by atoms with E-state index in [1.54, 1.807) is 0 Å². The summed E-state index contributed by atoms with van der Waals surface area (Å²) in [5, 5.41) is 0.115. The zero-order valence-electron chi connectivity index (χ0n) is 19.8. The highest BCUT2D eigenvalue weighted by Crippen LogP contribution is 2.44. The van der Waals surface area contributed by atoms with Crippen molar-refractivity contribution in [3.05, 3.63) is 24.3 Å². The van der Waals surface area contributed by atoms with Crippen LogP contribution in [0.1, 0.15) is 73.6 Å². The maximum absolute atomic E-state index is 12.7. The van der Waals surface area contributed by atoms with Gasteiger partial charge in [-0.05, 0) is 58.2 Å². The second-order valence-electron chi connectivity index (χ2n) is 10.2. The summed E-state index contributed by atoms with van der Waals surface area (Å²) < 4.78 is 11.8. The van der Waals surface area contributed by atoms with Gasteiger partial charge in [0.1, 0.15) is 5.78 Å². The minimum atomic E-state index is -1.94. The maximum Gasteiger partial charge on any atom is 0.306 e. The predicted molar refractivity (Wildman–Crippen MR) is 122 cm³/mol. The van der Waals surface area contributed by atoms with Gasteiger partial charge in [0.15, 0.2) is 8.32 Å². The molecular weight excluding hydrogens is 380 g/mol. The number of allylic oxidation sites excluding steroid dienone is 2. The molecule has 3 atom stereocenters. The fourth-order valence-electron chi connectivity index (χ4n) is 3.59. The average Bonchev–Trinajstić information content (AvgIpc) is 2.83. The maximum atomic E-state index is 12.7. The quantitative estimate of drug-likeness (QED) is 0.181. The van der Waals surface area contributed by atoms with E-state index in [-0.39, 0.29) is 40.8 Å². The summed E-state index contributed by atoms with van der Waals surface area (Å²) in [6.45, 7) is 21.1. The van der Waals surface area contributed by atoms with E-state index in [1.165, 1.54) is 0 Å². The molecule has 0 radical (unpaired) electrons. The minimum absolute atomic E-state index is 0.0508. The number of unbranched alkanes of at least 4 members (excludes halogenated alkanes) is 1. The Morgan fingerprint density at radius 1 is 1.28 bits per heavy atom. The highest BCUT2D eigenvalue weighted by molar-refractivity contribution is 6.74. The Bertz CT molecular complexity index is 613. The number of hydrogen-bond acceptors (Lipinski definition) is 4. The van der Waals surface area contributed by atoms with E-state index in [1.807, 2.05) is 20.8 Å². The van der Waals surface area contributed by atoms with E-state index in [4.69, 9.17) is 9.16 Å². The molecule has 0 aromatic rings. The molecule has 0 aliphatic heterocycles. The molecule has 0 aromatic heterocycles. The Morgan fingerprint density at radius 3 is 2.41 bits per heavy atom. The smallest absolute Gasteiger partial charge is 0.306 e. The molecule has 0 heterocycles. The van der Waals surface area contributed by atoms with Crippen molar-refractivity contribution in [3.63, 3.8) is 0 Å². The molecule has 1 fully saturated rings. The van der Waals surface area contributed by atoms with Gasteiger partial charge in [0, 0.05) is 24.7 Å². The fourth-order valence-corrected chi connectivity index (χ4v) is 4.93. The van der Waals surface area contributed by atoms with Gasteiger partial charge in [0.05, 0.1) is 12.2 Å². The van der Waals surface area contributed by atoms with Crippen molar-refractivity contribution >= 4 is 20.1 Å². The van der Waals surface area contributed by atoms with Crippen LogP contribution in [0.5, 0.6) is 0 Å². The SMILES string of the molecule is C=C(C)[C@H]1[C@H](O[Si](C)(C)C(C)(C)C)CC(=O)[C@@H]1CC=CCCCC(=O)OC(C)C. The van der Waals surface area contributed by atoms with Gasteiger partial charge in [0.25, 0.3) is 0 Å². The number of rotatable bonds is 10. The highest BCUT2D eigenvalue weighted by atomic mass is 28.4.